The zero-order chi connectivity index (χ0) is 9.68. The van der Waals surface area contributed by atoms with E-state index in [0.717, 1.165) is 25.1 Å². The Labute approximate surface area is 78.1 Å². The van der Waals surface area contributed by atoms with Gasteiger partial charge in [0, 0.05) is 33.1 Å². The Morgan fingerprint density at radius 1 is 1.62 bits per heavy atom. The molecule has 1 heterocycles. The van der Waals surface area contributed by atoms with Crippen molar-refractivity contribution in [1.29, 1.82) is 0 Å². The summed E-state index contributed by atoms with van der Waals surface area (Å²) < 4.78 is 1.91. The largest absolute Gasteiger partial charge is 0.363 e. The zero-order valence-electron chi connectivity index (χ0n) is 8.10. The summed E-state index contributed by atoms with van der Waals surface area (Å²) in [4.78, 5) is 12.1. The third kappa shape index (κ3) is 2.57. The third-order valence-corrected chi connectivity index (χ3v) is 1.84. The predicted octanol–water partition coefficient (Wildman–Crippen LogP) is 0.928. The number of unbranched alkanes of at least 4 members (excludes halogenated alkanes) is 1. The molecule has 72 valence electrons. The molecule has 0 unspecified atom stereocenters. The molecule has 0 aliphatic carbocycles. The van der Waals surface area contributed by atoms with Crippen LogP contribution >= 0.6 is 0 Å². The van der Waals surface area contributed by atoms with Gasteiger partial charge >= 0.3 is 0 Å². The molecule has 0 aliphatic rings. The van der Waals surface area contributed by atoms with Crippen molar-refractivity contribution in [3.63, 3.8) is 0 Å². The van der Waals surface area contributed by atoms with Crippen LogP contribution < -0.4 is 4.90 Å². The van der Waals surface area contributed by atoms with Gasteiger partial charge in [-0.25, -0.2) is 4.68 Å². The molecule has 4 nitrogen and oxygen atoms in total. The van der Waals surface area contributed by atoms with E-state index in [9.17, 15) is 4.79 Å². The molecule has 0 N–H and O–H groups in total. The van der Waals surface area contributed by atoms with Crippen LogP contribution in [-0.2, 0) is 11.3 Å². The Bertz CT molecular complexity index is 268. The fraction of sp³-hybridized carbons (Fsp3) is 0.556. The van der Waals surface area contributed by atoms with Crippen molar-refractivity contribution < 1.29 is 4.79 Å². The van der Waals surface area contributed by atoms with E-state index in [-0.39, 0.29) is 0 Å². The van der Waals surface area contributed by atoms with Crippen LogP contribution in [0.25, 0.3) is 0 Å². The number of aldehydes is 1. The van der Waals surface area contributed by atoms with Gasteiger partial charge in [0.15, 0.2) is 0 Å². The Morgan fingerprint density at radius 3 is 3.00 bits per heavy atom. The number of hydrogen-bond acceptors (Lipinski definition) is 3. The molecule has 0 bridgehead atoms. The lowest BCUT2D eigenvalue weighted by Crippen LogP contribution is -2.15. The minimum Gasteiger partial charge on any atom is -0.363 e. The van der Waals surface area contributed by atoms with E-state index < -0.39 is 0 Å². The summed E-state index contributed by atoms with van der Waals surface area (Å²) >= 11 is 0. The highest BCUT2D eigenvalue weighted by molar-refractivity contribution is 5.49. The summed E-state index contributed by atoms with van der Waals surface area (Å²) in [6, 6.07) is 1.96. The highest BCUT2D eigenvalue weighted by Crippen LogP contribution is 2.10. The van der Waals surface area contributed by atoms with Crippen molar-refractivity contribution in [3.05, 3.63) is 12.3 Å². The molecule has 1 rings (SSSR count). The molecule has 4 heteroatoms. The summed E-state index contributed by atoms with van der Waals surface area (Å²) in [5.74, 6) is 1.07. The van der Waals surface area contributed by atoms with E-state index >= 15 is 0 Å². The van der Waals surface area contributed by atoms with E-state index in [2.05, 4.69) is 5.10 Å². The predicted molar refractivity (Wildman–Crippen MR) is 51.9 cm³/mol. The first-order chi connectivity index (χ1) is 6.25. The minimum atomic E-state index is 0.604. The van der Waals surface area contributed by atoms with Crippen LogP contribution in [0, 0.1) is 0 Å². The monoisotopic (exact) mass is 181 g/mol. The van der Waals surface area contributed by atoms with Gasteiger partial charge in [-0.3, -0.25) is 0 Å². The van der Waals surface area contributed by atoms with E-state index in [0.29, 0.717) is 6.42 Å². The van der Waals surface area contributed by atoms with Crippen molar-refractivity contribution in [1.82, 2.24) is 9.78 Å². The number of rotatable bonds is 5. The zero-order valence-corrected chi connectivity index (χ0v) is 8.10. The number of carbonyl (C=O) groups excluding carboxylic acids is 1. The maximum atomic E-state index is 10.1. The highest BCUT2D eigenvalue weighted by Gasteiger charge is 2.02. The van der Waals surface area contributed by atoms with Gasteiger partial charge in [-0.1, -0.05) is 0 Å². The van der Waals surface area contributed by atoms with Crippen molar-refractivity contribution in [2.24, 2.45) is 0 Å². The SMILES string of the molecule is CN(C)c1ccnn1CCCC=O. The van der Waals surface area contributed by atoms with Crippen LogP contribution in [0.1, 0.15) is 12.8 Å². The first-order valence-electron chi connectivity index (χ1n) is 4.38. The average Bonchev–Trinajstić information content (AvgIpc) is 2.53. The molecule has 1 aromatic heterocycles. The van der Waals surface area contributed by atoms with Gasteiger partial charge < -0.3 is 9.69 Å². The van der Waals surface area contributed by atoms with Crippen molar-refractivity contribution in [2.45, 2.75) is 19.4 Å². The van der Waals surface area contributed by atoms with Crippen LogP contribution in [-0.4, -0.2) is 30.2 Å². The van der Waals surface area contributed by atoms with Gasteiger partial charge in [0.1, 0.15) is 12.1 Å². The number of carbonyl (C=O) groups is 1. The smallest absolute Gasteiger partial charge is 0.126 e. The molecule has 0 aromatic carbocycles. The molecule has 13 heavy (non-hydrogen) atoms. The summed E-state index contributed by atoms with van der Waals surface area (Å²) in [6.07, 6.45) is 4.17. The third-order valence-electron chi connectivity index (χ3n) is 1.84. The second kappa shape index (κ2) is 4.64. The van der Waals surface area contributed by atoms with Crippen LogP contribution in [0.2, 0.25) is 0 Å². The van der Waals surface area contributed by atoms with Gasteiger partial charge in [-0.15, -0.1) is 0 Å². The lowest BCUT2D eigenvalue weighted by molar-refractivity contribution is -0.107. The standard InChI is InChI=1S/C9H15N3O/c1-11(2)9-5-6-10-12(9)7-3-4-8-13/h5-6,8H,3-4,7H2,1-2H3. The first kappa shape index (κ1) is 9.77. The number of aryl methyl sites for hydroxylation is 1. The van der Waals surface area contributed by atoms with Gasteiger partial charge in [-0.05, 0) is 6.42 Å². The number of nitrogens with zero attached hydrogens (tertiary/aromatic N) is 3. The normalized spacial score (nSPS) is 10.0. The van der Waals surface area contributed by atoms with Crippen molar-refractivity contribution in [2.75, 3.05) is 19.0 Å². The Hall–Kier alpha value is -1.32. The maximum Gasteiger partial charge on any atom is 0.126 e. The molecule has 0 saturated carbocycles. The Balaban J connectivity index is 2.55. The van der Waals surface area contributed by atoms with Crippen LogP contribution in [0.5, 0.6) is 0 Å². The Morgan fingerprint density at radius 2 is 2.38 bits per heavy atom. The maximum absolute atomic E-state index is 10.1. The molecule has 0 radical (unpaired) electrons. The molecular weight excluding hydrogens is 166 g/mol. The number of anilines is 1. The number of aromatic nitrogens is 2. The van der Waals surface area contributed by atoms with Crippen molar-refractivity contribution >= 4 is 12.1 Å². The molecule has 0 amide bonds. The molecular formula is C9H15N3O. The average molecular weight is 181 g/mol. The second-order valence-electron chi connectivity index (χ2n) is 3.12. The Kier molecular flexibility index (Phi) is 3.49. The van der Waals surface area contributed by atoms with E-state index in [1.54, 1.807) is 6.20 Å². The summed E-state index contributed by atoms with van der Waals surface area (Å²) in [6.45, 7) is 0.805. The molecule has 0 spiro atoms. The molecule has 0 saturated heterocycles. The van der Waals surface area contributed by atoms with Crippen LogP contribution in [0.4, 0.5) is 5.82 Å². The fourth-order valence-electron chi connectivity index (χ4n) is 1.20. The lowest BCUT2D eigenvalue weighted by atomic mass is 10.3. The topological polar surface area (TPSA) is 38.1 Å². The quantitative estimate of drug-likeness (QED) is 0.501. The van der Waals surface area contributed by atoms with Crippen LogP contribution in [0.3, 0.4) is 0 Å². The molecule has 0 atom stereocenters. The summed E-state index contributed by atoms with van der Waals surface area (Å²) in [7, 11) is 3.96. The van der Waals surface area contributed by atoms with E-state index in [1.807, 2.05) is 29.7 Å². The fourth-order valence-corrected chi connectivity index (χ4v) is 1.20. The molecule has 1 aromatic rings. The van der Waals surface area contributed by atoms with E-state index in [1.165, 1.54) is 0 Å². The molecule has 0 fully saturated rings. The lowest BCUT2D eigenvalue weighted by Gasteiger charge is -2.13. The summed E-state index contributed by atoms with van der Waals surface area (Å²) in [5.41, 5.74) is 0. The minimum absolute atomic E-state index is 0.604. The number of hydrogen-bond donors (Lipinski definition) is 0. The summed E-state index contributed by atoms with van der Waals surface area (Å²) in [5, 5.41) is 4.17. The van der Waals surface area contributed by atoms with E-state index in [4.69, 9.17) is 0 Å². The van der Waals surface area contributed by atoms with Gasteiger partial charge in [0.2, 0.25) is 0 Å². The van der Waals surface area contributed by atoms with Crippen LogP contribution in [0.15, 0.2) is 12.3 Å². The second-order valence-corrected chi connectivity index (χ2v) is 3.12. The van der Waals surface area contributed by atoms with Gasteiger partial charge in [0.05, 0.1) is 6.20 Å². The molecule has 0 aliphatic heterocycles. The van der Waals surface area contributed by atoms with Gasteiger partial charge in [0.25, 0.3) is 0 Å². The van der Waals surface area contributed by atoms with Crippen molar-refractivity contribution in [3.8, 4) is 0 Å². The first-order valence-corrected chi connectivity index (χ1v) is 4.38. The van der Waals surface area contributed by atoms with Gasteiger partial charge in [-0.2, -0.15) is 5.10 Å². The highest BCUT2D eigenvalue weighted by atomic mass is 16.1.